The minimum absolute atomic E-state index is 0.157. The van der Waals surface area contributed by atoms with Gasteiger partial charge in [0.1, 0.15) is 11.6 Å². The van der Waals surface area contributed by atoms with E-state index in [1.165, 1.54) is 0 Å². The largest absolute Gasteiger partial charge is 0.491 e. The Labute approximate surface area is 119 Å². The van der Waals surface area contributed by atoms with Gasteiger partial charge < -0.3 is 4.74 Å². The van der Waals surface area contributed by atoms with Crippen LogP contribution < -0.4 is 4.74 Å². The van der Waals surface area contributed by atoms with Crippen molar-refractivity contribution in [3.8, 4) is 23.1 Å². The second-order valence-electron chi connectivity index (χ2n) is 4.84. The smallest absolute Gasteiger partial charge is 0.143 e. The van der Waals surface area contributed by atoms with Gasteiger partial charge >= 0.3 is 0 Å². The maximum atomic E-state index is 8.75. The molecule has 4 nitrogen and oxygen atoms in total. The molecule has 2 rings (SSSR count). The normalized spacial score (nSPS) is 10.3. The van der Waals surface area contributed by atoms with Crippen LogP contribution in [-0.2, 0) is 6.42 Å². The number of nitriles is 1. The lowest BCUT2D eigenvalue weighted by atomic mass is 10.1. The van der Waals surface area contributed by atoms with Gasteiger partial charge in [-0.25, -0.2) is 9.97 Å². The van der Waals surface area contributed by atoms with E-state index in [0.717, 1.165) is 22.7 Å². The average Bonchev–Trinajstić information content (AvgIpc) is 2.38. The highest BCUT2D eigenvalue weighted by Gasteiger charge is 2.05. The van der Waals surface area contributed by atoms with Crippen LogP contribution in [0.15, 0.2) is 30.3 Å². The predicted molar refractivity (Wildman–Crippen MR) is 77.3 cm³/mol. The number of aromatic nitrogens is 2. The summed E-state index contributed by atoms with van der Waals surface area (Å²) in [4.78, 5) is 8.66. The molecule has 0 aliphatic heterocycles. The van der Waals surface area contributed by atoms with Crippen LogP contribution in [0.25, 0.3) is 11.3 Å². The molecule has 1 heterocycles. The van der Waals surface area contributed by atoms with Crippen LogP contribution in [0.2, 0.25) is 0 Å². The Hall–Kier alpha value is -2.41. The summed E-state index contributed by atoms with van der Waals surface area (Å²) in [7, 11) is 0. The molecule has 1 aromatic carbocycles. The molecule has 0 saturated carbocycles. The summed E-state index contributed by atoms with van der Waals surface area (Å²) < 4.78 is 5.62. The molecule has 0 aliphatic carbocycles. The highest BCUT2D eigenvalue weighted by molar-refractivity contribution is 5.60. The van der Waals surface area contributed by atoms with Crippen LogP contribution in [0.4, 0.5) is 0 Å². The van der Waals surface area contributed by atoms with Crippen molar-refractivity contribution in [1.29, 1.82) is 5.26 Å². The maximum absolute atomic E-state index is 8.75. The van der Waals surface area contributed by atoms with Gasteiger partial charge in [-0.15, -0.1) is 0 Å². The van der Waals surface area contributed by atoms with Crippen molar-refractivity contribution >= 4 is 0 Å². The molecule has 1 aromatic heterocycles. The van der Waals surface area contributed by atoms with Gasteiger partial charge in [0, 0.05) is 11.3 Å². The second kappa shape index (κ2) is 6.16. The molecule has 0 amide bonds. The molecule has 2 aromatic rings. The second-order valence-corrected chi connectivity index (χ2v) is 4.84. The van der Waals surface area contributed by atoms with E-state index in [2.05, 4.69) is 16.0 Å². The number of benzene rings is 1. The van der Waals surface area contributed by atoms with Crippen molar-refractivity contribution in [2.75, 3.05) is 0 Å². The molecular weight excluding hydrogens is 250 g/mol. The third-order valence-corrected chi connectivity index (χ3v) is 2.66. The summed E-state index contributed by atoms with van der Waals surface area (Å²) in [6, 6.07) is 11.8. The number of aryl methyl sites for hydroxylation is 1. The van der Waals surface area contributed by atoms with E-state index in [4.69, 9.17) is 10.00 Å². The summed E-state index contributed by atoms with van der Waals surface area (Å²) in [5.74, 6) is 1.40. The first-order valence-corrected chi connectivity index (χ1v) is 6.57. The van der Waals surface area contributed by atoms with Gasteiger partial charge in [0.15, 0.2) is 0 Å². The third kappa shape index (κ3) is 3.55. The molecule has 0 aliphatic rings. The standard InChI is InChI=1S/C16H17N3O/c1-11(2)20-14-6-4-13(5-7-14)15-10-12(3)18-16(19-15)8-9-17/h4-7,10-11H,8H2,1-3H3. The molecule has 0 saturated heterocycles. The van der Waals surface area contributed by atoms with Gasteiger partial charge in [-0.05, 0) is 51.1 Å². The van der Waals surface area contributed by atoms with Crippen LogP contribution in [0.5, 0.6) is 5.75 Å². The molecule has 0 unspecified atom stereocenters. The Morgan fingerprint density at radius 3 is 2.50 bits per heavy atom. The van der Waals surface area contributed by atoms with Crippen molar-refractivity contribution in [3.63, 3.8) is 0 Å². The molecule has 0 N–H and O–H groups in total. The fourth-order valence-electron chi connectivity index (χ4n) is 1.90. The molecule has 0 atom stereocenters. The van der Waals surface area contributed by atoms with Gasteiger partial charge in [-0.2, -0.15) is 5.26 Å². The molecule has 4 heteroatoms. The number of ether oxygens (including phenoxy) is 1. The number of nitrogens with zero attached hydrogens (tertiary/aromatic N) is 3. The van der Waals surface area contributed by atoms with Crippen molar-refractivity contribution < 1.29 is 4.74 Å². The highest BCUT2D eigenvalue weighted by Crippen LogP contribution is 2.22. The molecular formula is C16H17N3O. The van der Waals surface area contributed by atoms with E-state index in [1.54, 1.807) is 0 Å². The quantitative estimate of drug-likeness (QED) is 0.852. The Balaban J connectivity index is 2.29. The predicted octanol–water partition coefficient (Wildman–Crippen LogP) is 3.31. The van der Waals surface area contributed by atoms with E-state index in [1.807, 2.05) is 51.1 Å². The van der Waals surface area contributed by atoms with Crippen LogP contribution in [-0.4, -0.2) is 16.1 Å². The summed E-state index contributed by atoms with van der Waals surface area (Å²) in [6.45, 7) is 5.90. The van der Waals surface area contributed by atoms with E-state index in [-0.39, 0.29) is 12.5 Å². The molecule has 0 radical (unpaired) electrons. The first-order valence-electron chi connectivity index (χ1n) is 6.57. The fraction of sp³-hybridized carbons (Fsp3) is 0.312. The Morgan fingerprint density at radius 2 is 1.90 bits per heavy atom. The third-order valence-electron chi connectivity index (χ3n) is 2.66. The number of hydrogen-bond donors (Lipinski definition) is 0. The minimum Gasteiger partial charge on any atom is -0.491 e. The van der Waals surface area contributed by atoms with Crippen molar-refractivity contribution in [1.82, 2.24) is 9.97 Å². The van der Waals surface area contributed by atoms with Crippen molar-refractivity contribution in [2.45, 2.75) is 33.3 Å². The van der Waals surface area contributed by atoms with Crippen molar-refractivity contribution in [3.05, 3.63) is 41.9 Å². The van der Waals surface area contributed by atoms with Gasteiger partial charge in [0.05, 0.1) is 24.3 Å². The topological polar surface area (TPSA) is 58.8 Å². The van der Waals surface area contributed by atoms with E-state index < -0.39 is 0 Å². The van der Waals surface area contributed by atoms with Crippen LogP contribution in [0.3, 0.4) is 0 Å². The molecule has 0 bridgehead atoms. The number of rotatable bonds is 4. The Bertz CT molecular complexity index is 627. The van der Waals surface area contributed by atoms with Crippen LogP contribution in [0, 0.1) is 18.3 Å². The highest BCUT2D eigenvalue weighted by atomic mass is 16.5. The van der Waals surface area contributed by atoms with Gasteiger partial charge in [-0.3, -0.25) is 0 Å². The van der Waals surface area contributed by atoms with Gasteiger partial charge in [0.2, 0.25) is 0 Å². The fourth-order valence-corrected chi connectivity index (χ4v) is 1.90. The SMILES string of the molecule is Cc1cc(-c2ccc(OC(C)C)cc2)nc(CC#N)n1. The molecule has 102 valence electrons. The zero-order valence-corrected chi connectivity index (χ0v) is 11.9. The molecule has 20 heavy (non-hydrogen) atoms. The first kappa shape index (κ1) is 14.0. The zero-order chi connectivity index (χ0) is 14.5. The zero-order valence-electron chi connectivity index (χ0n) is 11.9. The van der Waals surface area contributed by atoms with Gasteiger partial charge in [0.25, 0.3) is 0 Å². The monoisotopic (exact) mass is 267 g/mol. The van der Waals surface area contributed by atoms with E-state index in [0.29, 0.717) is 5.82 Å². The number of hydrogen-bond acceptors (Lipinski definition) is 4. The lowest BCUT2D eigenvalue weighted by Gasteiger charge is -2.10. The molecule has 0 fully saturated rings. The Morgan fingerprint density at radius 1 is 1.20 bits per heavy atom. The average molecular weight is 267 g/mol. The van der Waals surface area contributed by atoms with E-state index >= 15 is 0 Å². The Kier molecular flexibility index (Phi) is 4.31. The maximum Gasteiger partial charge on any atom is 0.143 e. The molecule has 0 spiro atoms. The summed E-state index contributed by atoms with van der Waals surface area (Å²) in [5, 5.41) is 8.75. The summed E-state index contributed by atoms with van der Waals surface area (Å²) >= 11 is 0. The first-order chi connectivity index (χ1) is 9.58. The summed E-state index contributed by atoms with van der Waals surface area (Å²) in [6.07, 6.45) is 0.382. The van der Waals surface area contributed by atoms with Crippen LogP contribution >= 0.6 is 0 Å². The van der Waals surface area contributed by atoms with Crippen LogP contribution in [0.1, 0.15) is 25.4 Å². The summed E-state index contributed by atoms with van der Waals surface area (Å²) in [5.41, 5.74) is 2.69. The van der Waals surface area contributed by atoms with E-state index in [9.17, 15) is 0 Å². The lowest BCUT2D eigenvalue weighted by Crippen LogP contribution is -2.05. The lowest BCUT2D eigenvalue weighted by molar-refractivity contribution is 0.242. The minimum atomic E-state index is 0.157. The van der Waals surface area contributed by atoms with Crippen molar-refractivity contribution in [2.24, 2.45) is 0 Å². The van der Waals surface area contributed by atoms with Gasteiger partial charge in [-0.1, -0.05) is 0 Å².